The van der Waals surface area contributed by atoms with Gasteiger partial charge in [0.2, 0.25) is 6.79 Å². The molecule has 1 aromatic carbocycles. The lowest BCUT2D eigenvalue weighted by Gasteiger charge is -2.20. The molecule has 0 bridgehead atoms. The summed E-state index contributed by atoms with van der Waals surface area (Å²) in [4.78, 5) is 12.5. The Bertz CT molecular complexity index is 449. The molecule has 0 saturated heterocycles. The summed E-state index contributed by atoms with van der Waals surface area (Å²) >= 11 is 0. The van der Waals surface area contributed by atoms with Crippen LogP contribution in [0.5, 0.6) is 11.5 Å². The third-order valence-corrected chi connectivity index (χ3v) is 2.90. The molecule has 0 spiro atoms. The van der Waals surface area contributed by atoms with Gasteiger partial charge in [-0.2, -0.15) is 0 Å². The third kappa shape index (κ3) is 3.84. The zero-order valence-corrected chi connectivity index (χ0v) is 10.5. The van der Waals surface area contributed by atoms with E-state index in [9.17, 15) is 4.79 Å². The number of hydrogen-bond donors (Lipinski definition) is 2. The highest BCUT2D eigenvalue weighted by Gasteiger charge is 2.14. The number of ether oxygens (including phenoxy) is 2. The maximum atomic E-state index is 10.6. The largest absolute Gasteiger partial charge is 0.481 e. The van der Waals surface area contributed by atoms with Crippen molar-refractivity contribution < 1.29 is 24.5 Å². The van der Waals surface area contributed by atoms with Gasteiger partial charge in [0.05, 0.1) is 13.0 Å². The zero-order chi connectivity index (χ0) is 13.7. The van der Waals surface area contributed by atoms with E-state index in [0.29, 0.717) is 25.4 Å². The van der Waals surface area contributed by atoms with Crippen LogP contribution in [0.1, 0.15) is 12.0 Å². The fraction of sp³-hybridized carbons (Fsp3) is 0.462. The second-order valence-electron chi connectivity index (χ2n) is 4.33. The van der Waals surface area contributed by atoms with Crippen LogP contribution < -0.4 is 9.47 Å². The van der Waals surface area contributed by atoms with E-state index >= 15 is 0 Å². The minimum atomic E-state index is -0.839. The van der Waals surface area contributed by atoms with Crippen LogP contribution in [0.25, 0.3) is 0 Å². The maximum Gasteiger partial charge on any atom is 0.304 e. The van der Waals surface area contributed by atoms with Gasteiger partial charge in [0.15, 0.2) is 11.5 Å². The number of carbonyl (C=O) groups is 1. The predicted molar refractivity (Wildman–Crippen MR) is 67.2 cm³/mol. The molecule has 0 saturated carbocycles. The van der Waals surface area contributed by atoms with Gasteiger partial charge in [-0.1, -0.05) is 6.07 Å². The fourth-order valence-corrected chi connectivity index (χ4v) is 1.96. The summed E-state index contributed by atoms with van der Waals surface area (Å²) in [6, 6.07) is 5.64. The molecule has 6 nitrogen and oxygen atoms in total. The molecule has 104 valence electrons. The molecule has 0 radical (unpaired) electrons. The highest BCUT2D eigenvalue weighted by Crippen LogP contribution is 2.32. The zero-order valence-electron chi connectivity index (χ0n) is 10.5. The summed E-state index contributed by atoms with van der Waals surface area (Å²) in [7, 11) is 0. The van der Waals surface area contributed by atoms with Crippen LogP contribution in [-0.4, -0.2) is 47.6 Å². The van der Waals surface area contributed by atoms with Gasteiger partial charge in [0, 0.05) is 19.6 Å². The number of aliphatic carboxylic acids is 1. The van der Waals surface area contributed by atoms with Crippen LogP contribution in [0.2, 0.25) is 0 Å². The molecule has 0 aromatic heterocycles. The van der Waals surface area contributed by atoms with Gasteiger partial charge >= 0.3 is 5.97 Å². The summed E-state index contributed by atoms with van der Waals surface area (Å²) < 4.78 is 10.5. The van der Waals surface area contributed by atoms with Crippen molar-refractivity contribution in [2.75, 3.05) is 26.5 Å². The number of rotatable bonds is 7. The quantitative estimate of drug-likeness (QED) is 0.756. The molecule has 0 unspecified atom stereocenters. The number of aliphatic hydroxyl groups excluding tert-OH is 1. The monoisotopic (exact) mass is 267 g/mol. The van der Waals surface area contributed by atoms with E-state index in [2.05, 4.69) is 0 Å². The van der Waals surface area contributed by atoms with Crippen molar-refractivity contribution in [1.82, 2.24) is 4.90 Å². The number of benzene rings is 1. The number of carboxylic acid groups (broad SMARTS) is 1. The lowest BCUT2D eigenvalue weighted by atomic mass is 10.2. The first kappa shape index (κ1) is 13.6. The Kier molecular flexibility index (Phi) is 4.59. The molecule has 1 aliphatic rings. The molecule has 0 atom stereocenters. The number of aliphatic hydroxyl groups is 1. The highest BCUT2D eigenvalue weighted by atomic mass is 16.7. The number of nitrogens with zero attached hydrogens (tertiary/aromatic N) is 1. The molecule has 1 aromatic rings. The smallest absolute Gasteiger partial charge is 0.304 e. The summed E-state index contributed by atoms with van der Waals surface area (Å²) in [5, 5.41) is 17.7. The van der Waals surface area contributed by atoms with E-state index in [1.165, 1.54) is 0 Å². The van der Waals surface area contributed by atoms with Gasteiger partial charge in [-0.15, -0.1) is 0 Å². The molecule has 6 heteroatoms. The normalized spacial score (nSPS) is 12.9. The lowest BCUT2D eigenvalue weighted by Crippen LogP contribution is -2.28. The van der Waals surface area contributed by atoms with E-state index < -0.39 is 5.97 Å². The molecular weight excluding hydrogens is 250 g/mol. The highest BCUT2D eigenvalue weighted by molar-refractivity contribution is 5.66. The molecule has 1 heterocycles. The second kappa shape index (κ2) is 6.40. The fourth-order valence-electron chi connectivity index (χ4n) is 1.96. The Labute approximate surface area is 111 Å². The van der Waals surface area contributed by atoms with E-state index in [0.717, 1.165) is 11.3 Å². The van der Waals surface area contributed by atoms with Gasteiger partial charge < -0.3 is 19.7 Å². The van der Waals surface area contributed by atoms with Crippen molar-refractivity contribution in [1.29, 1.82) is 0 Å². The average Bonchev–Trinajstić information content (AvgIpc) is 2.83. The molecule has 2 rings (SSSR count). The van der Waals surface area contributed by atoms with Crippen molar-refractivity contribution in [2.24, 2.45) is 0 Å². The molecule has 0 aliphatic carbocycles. The second-order valence-corrected chi connectivity index (χ2v) is 4.33. The molecule has 0 fully saturated rings. The van der Waals surface area contributed by atoms with Crippen LogP contribution in [0, 0.1) is 0 Å². The van der Waals surface area contributed by atoms with E-state index in [1.807, 2.05) is 23.1 Å². The van der Waals surface area contributed by atoms with Crippen LogP contribution in [0.3, 0.4) is 0 Å². The molecule has 0 amide bonds. The Morgan fingerprint density at radius 2 is 2.05 bits per heavy atom. The molecule has 1 aliphatic heterocycles. The topological polar surface area (TPSA) is 79.2 Å². The van der Waals surface area contributed by atoms with Crippen LogP contribution in [0.4, 0.5) is 0 Å². The molecule has 19 heavy (non-hydrogen) atoms. The summed E-state index contributed by atoms with van der Waals surface area (Å²) in [6.45, 7) is 1.67. The predicted octanol–water partition coefficient (Wildman–Crippen LogP) is 0.684. The van der Waals surface area contributed by atoms with Crippen molar-refractivity contribution in [3.8, 4) is 11.5 Å². The van der Waals surface area contributed by atoms with E-state index in [1.54, 1.807) is 0 Å². The molecule has 2 N–H and O–H groups in total. The summed E-state index contributed by atoms with van der Waals surface area (Å²) in [6.07, 6.45) is 0.0601. The van der Waals surface area contributed by atoms with Crippen LogP contribution >= 0.6 is 0 Å². The van der Waals surface area contributed by atoms with Gasteiger partial charge in [0.1, 0.15) is 0 Å². The maximum absolute atomic E-state index is 10.6. The standard InChI is InChI=1S/C13H17NO5/c15-6-5-14(4-3-13(16)17)8-10-1-2-11-12(7-10)19-9-18-11/h1-2,7,15H,3-6,8-9H2,(H,16,17). The van der Waals surface area contributed by atoms with Crippen molar-refractivity contribution >= 4 is 5.97 Å². The Morgan fingerprint density at radius 3 is 2.79 bits per heavy atom. The first-order valence-electron chi connectivity index (χ1n) is 6.12. The van der Waals surface area contributed by atoms with E-state index in [-0.39, 0.29) is 19.8 Å². The number of hydrogen-bond acceptors (Lipinski definition) is 5. The SMILES string of the molecule is O=C(O)CCN(CCO)Cc1ccc2c(c1)OCO2. The Morgan fingerprint density at radius 1 is 1.26 bits per heavy atom. The van der Waals surface area contributed by atoms with Crippen molar-refractivity contribution in [3.05, 3.63) is 23.8 Å². The minimum Gasteiger partial charge on any atom is -0.481 e. The van der Waals surface area contributed by atoms with E-state index in [4.69, 9.17) is 19.7 Å². The van der Waals surface area contributed by atoms with Crippen LogP contribution in [0.15, 0.2) is 18.2 Å². The van der Waals surface area contributed by atoms with Crippen molar-refractivity contribution in [3.63, 3.8) is 0 Å². The first-order chi connectivity index (χ1) is 9.19. The lowest BCUT2D eigenvalue weighted by molar-refractivity contribution is -0.137. The summed E-state index contributed by atoms with van der Waals surface area (Å²) in [5.41, 5.74) is 1.00. The van der Waals surface area contributed by atoms with Crippen molar-refractivity contribution in [2.45, 2.75) is 13.0 Å². The third-order valence-electron chi connectivity index (χ3n) is 2.90. The number of carboxylic acids is 1. The number of fused-ring (bicyclic) bond motifs is 1. The molecular formula is C13H17NO5. The van der Waals surface area contributed by atoms with Gasteiger partial charge in [-0.05, 0) is 17.7 Å². The average molecular weight is 267 g/mol. The first-order valence-corrected chi connectivity index (χ1v) is 6.12. The minimum absolute atomic E-state index is 0.00414. The van der Waals surface area contributed by atoms with Gasteiger partial charge in [-0.3, -0.25) is 9.69 Å². The van der Waals surface area contributed by atoms with Crippen LogP contribution in [-0.2, 0) is 11.3 Å². The van der Waals surface area contributed by atoms with Gasteiger partial charge in [-0.25, -0.2) is 0 Å². The summed E-state index contributed by atoms with van der Waals surface area (Å²) in [5.74, 6) is 0.594. The Hall–Kier alpha value is -1.79. The van der Waals surface area contributed by atoms with Gasteiger partial charge in [0.25, 0.3) is 0 Å². The Balaban J connectivity index is 1.97.